The van der Waals surface area contributed by atoms with E-state index in [0.717, 1.165) is 37.0 Å². The average Bonchev–Trinajstić information content (AvgIpc) is 2.72. The second kappa shape index (κ2) is 5.20. The summed E-state index contributed by atoms with van der Waals surface area (Å²) in [5.74, 6) is 1.46. The summed E-state index contributed by atoms with van der Waals surface area (Å²) in [6, 6.07) is 8.14. The van der Waals surface area contributed by atoms with Gasteiger partial charge in [0.1, 0.15) is 5.75 Å². The molecular formula is C15H18ClNO. The van der Waals surface area contributed by atoms with E-state index in [9.17, 15) is 5.26 Å². The minimum atomic E-state index is -0.239. The summed E-state index contributed by atoms with van der Waals surface area (Å²) in [5.41, 5.74) is 0.804. The molecule has 0 N–H and O–H groups in total. The molecule has 0 aromatic heterocycles. The normalized spacial score (nSPS) is 26.9. The number of hydrogen-bond donors (Lipinski definition) is 0. The summed E-state index contributed by atoms with van der Waals surface area (Å²) >= 11 is 6.04. The summed E-state index contributed by atoms with van der Waals surface area (Å²) < 4.78 is 5.36. The Labute approximate surface area is 114 Å². The third-order valence-corrected chi connectivity index (χ3v) is 4.10. The first kappa shape index (κ1) is 13.2. The Kier molecular flexibility index (Phi) is 3.82. The summed E-state index contributed by atoms with van der Waals surface area (Å²) in [4.78, 5) is 0. The van der Waals surface area contributed by atoms with Crippen LogP contribution in [0, 0.1) is 22.7 Å². The first-order valence-electron chi connectivity index (χ1n) is 6.32. The van der Waals surface area contributed by atoms with E-state index in [0.29, 0.717) is 10.9 Å². The standard InChI is InChI=1S/C15H18ClNO/c1-11-5-6-15(8-11,10-17)9-12-7-13(16)3-4-14(12)18-2/h3-4,7,11H,5-6,8-9H2,1-2H3. The van der Waals surface area contributed by atoms with Gasteiger partial charge in [-0.1, -0.05) is 18.5 Å². The van der Waals surface area contributed by atoms with Crippen molar-refractivity contribution in [2.75, 3.05) is 7.11 Å². The Morgan fingerprint density at radius 3 is 2.89 bits per heavy atom. The van der Waals surface area contributed by atoms with Gasteiger partial charge in [0.25, 0.3) is 0 Å². The molecule has 0 bridgehead atoms. The molecular weight excluding hydrogens is 246 g/mol. The zero-order valence-electron chi connectivity index (χ0n) is 10.9. The Bertz CT molecular complexity index is 480. The Balaban J connectivity index is 2.28. The number of benzene rings is 1. The van der Waals surface area contributed by atoms with Crippen molar-refractivity contribution < 1.29 is 4.74 Å². The van der Waals surface area contributed by atoms with Gasteiger partial charge in [-0.25, -0.2) is 0 Å². The topological polar surface area (TPSA) is 33.0 Å². The monoisotopic (exact) mass is 263 g/mol. The molecule has 18 heavy (non-hydrogen) atoms. The molecule has 1 aromatic rings. The van der Waals surface area contributed by atoms with E-state index < -0.39 is 0 Å². The first-order valence-corrected chi connectivity index (χ1v) is 6.70. The van der Waals surface area contributed by atoms with Crippen LogP contribution in [0.25, 0.3) is 0 Å². The van der Waals surface area contributed by atoms with Gasteiger partial charge in [-0.2, -0.15) is 5.26 Å². The maximum absolute atomic E-state index is 9.50. The van der Waals surface area contributed by atoms with Crippen LogP contribution in [-0.4, -0.2) is 7.11 Å². The van der Waals surface area contributed by atoms with Crippen molar-refractivity contribution in [2.24, 2.45) is 11.3 Å². The van der Waals surface area contributed by atoms with E-state index in [4.69, 9.17) is 16.3 Å². The van der Waals surface area contributed by atoms with Gasteiger partial charge in [-0.15, -0.1) is 0 Å². The van der Waals surface area contributed by atoms with Crippen LogP contribution in [0.3, 0.4) is 0 Å². The second-order valence-corrected chi connectivity index (χ2v) is 5.81. The van der Waals surface area contributed by atoms with Crippen LogP contribution >= 0.6 is 11.6 Å². The number of methoxy groups -OCH3 is 1. The summed E-state index contributed by atoms with van der Waals surface area (Å²) in [7, 11) is 1.66. The van der Waals surface area contributed by atoms with E-state index in [1.54, 1.807) is 7.11 Å². The highest BCUT2D eigenvalue weighted by molar-refractivity contribution is 6.30. The lowest BCUT2D eigenvalue weighted by Crippen LogP contribution is -2.18. The van der Waals surface area contributed by atoms with Crippen LogP contribution in [0.5, 0.6) is 5.75 Å². The van der Waals surface area contributed by atoms with E-state index in [2.05, 4.69) is 13.0 Å². The molecule has 1 aliphatic carbocycles. The number of halogens is 1. The summed E-state index contributed by atoms with van der Waals surface area (Å²) in [6.45, 7) is 2.22. The molecule has 1 aliphatic rings. The predicted octanol–water partition coefficient (Wildman–Crippen LogP) is 4.22. The van der Waals surface area contributed by atoms with Crippen molar-refractivity contribution in [1.29, 1.82) is 5.26 Å². The van der Waals surface area contributed by atoms with Crippen LogP contribution in [0.4, 0.5) is 0 Å². The first-order chi connectivity index (χ1) is 8.58. The molecule has 0 heterocycles. The Morgan fingerprint density at radius 1 is 1.56 bits per heavy atom. The van der Waals surface area contributed by atoms with Crippen LogP contribution < -0.4 is 4.74 Å². The molecule has 2 rings (SSSR count). The minimum absolute atomic E-state index is 0.239. The van der Waals surface area contributed by atoms with Crippen molar-refractivity contribution in [1.82, 2.24) is 0 Å². The lowest BCUT2D eigenvalue weighted by atomic mass is 9.80. The lowest BCUT2D eigenvalue weighted by molar-refractivity contribution is 0.369. The smallest absolute Gasteiger partial charge is 0.122 e. The second-order valence-electron chi connectivity index (χ2n) is 5.37. The molecule has 2 nitrogen and oxygen atoms in total. The maximum Gasteiger partial charge on any atom is 0.122 e. The van der Waals surface area contributed by atoms with Crippen LogP contribution in [0.2, 0.25) is 5.02 Å². The van der Waals surface area contributed by atoms with Gasteiger partial charge in [0.2, 0.25) is 0 Å². The number of nitrogens with zero attached hydrogens (tertiary/aromatic N) is 1. The van der Waals surface area contributed by atoms with Gasteiger partial charge in [-0.3, -0.25) is 0 Å². The van der Waals surface area contributed by atoms with Gasteiger partial charge in [0, 0.05) is 5.02 Å². The molecule has 3 heteroatoms. The SMILES string of the molecule is COc1ccc(Cl)cc1CC1(C#N)CCC(C)C1. The van der Waals surface area contributed by atoms with Gasteiger partial charge in [-0.05, 0) is 55.4 Å². The number of nitriles is 1. The fourth-order valence-electron chi connectivity index (χ4n) is 2.95. The van der Waals surface area contributed by atoms with Gasteiger partial charge in [0.05, 0.1) is 18.6 Å². The highest BCUT2D eigenvalue weighted by Gasteiger charge is 2.38. The van der Waals surface area contributed by atoms with Crippen molar-refractivity contribution >= 4 is 11.6 Å². The van der Waals surface area contributed by atoms with E-state index in [-0.39, 0.29) is 5.41 Å². The maximum atomic E-state index is 9.50. The molecule has 2 atom stereocenters. The lowest BCUT2D eigenvalue weighted by Gasteiger charge is -2.22. The van der Waals surface area contributed by atoms with Crippen molar-refractivity contribution in [3.05, 3.63) is 28.8 Å². The zero-order valence-corrected chi connectivity index (χ0v) is 11.6. The molecule has 2 unspecified atom stereocenters. The van der Waals surface area contributed by atoms with Crippen LogP contribution in [0.1, 0.15) is 31.7 Å². The van der Waals surface area contributed by atoms with Crippen molar-refractivity contribution in [3.63, 3.8) is 0 Å². The van der Waals surface area contributed by atoms with Gasteiger partial charge in [0.15, 0.2) is 0 Å². The fourth-order valence-corrected chi connectivity index (χ4v) is 3.14. The van der Waals surface area contributed by atoms with Crippen molar-refractivity contribution in [3.8, 4) is 11.8 Å². The van der Waals surface area contributed by atoms with Crippen LogP contribution in [-0.2, 0) is 6.42 Å². The molecule has 0 amide bonds. The predicted molar refractivity (Wildman–Crippen MR) is 72.8 cm³/mol. The molecule has 0 spiro atoms. The third kappa shape index (κ3) is 2.62. The Hall–Kier alpha value is -1.20. The highest BCUT2D eigenvalue weighted by Crippen LogP contribution is 2.44. The van der Waals surface area contributed by atoms with Crippen molar-refractivity contribution in [2.45, 2.75) is 32.6 Å². The molecule has 0 saturated heterocycles. The zero-order chi connectivity index (χ0) is 13.2. The average molecular weight is 264 g/mol. The molecule has 0 radical (unpaired) electrons. The van der Waals surface area contributed by atoms with E-state index >= 15 is 0 Å². The quantitative estimate of drug-likeness (QED) is 0.818. The van der Waals surface area contributed by atoms with E-state index in [1.165, 1.54) is 0 Å². The highest BCUT2D eigenvalue weighted by atomic mass is 35.5. The minimum Gasteiger partial charge on any atom is -0.496 e. The molecule has 1 aromatic carbocycles. The van der Waals surface area contributed by atoms with Crippen LogP contribution in [0.15, 0.2) is 18.2 Å². The number of ether oxygens (including phenoxy) is 1. The van der Waals surface area contributed by atoms with Gasteiger partial charge < -0.3 is 4.74 Å². The van der Waals surface area contributed by atoms with Gasteiger partial charge >= 0.3 is 0 Å². The Morgan fingerprint density at radius 2 is 2.33 bits per heavy atom. The van der Waals surface area contributed by atoms with E-state index in [1.807, 2.05) is 18.2 Å². The molecule has 96 valence electrons. The fraction of sp³-hybridized carbons (Fsp3) is 0.533. The third-order valence-electron chi connectivity index (χ3n) is 3.86. The summed E-state index contributed by atoms with van der Waals surface area (Å²) in [6.07, 6.45) is 3.81. The number of hydrogen-bond acceptors (Lipinski definition) is 2. The molecule has 1 saturated carbocycles. The molecule has 0 aliphatic heterocycles. The largest absolute Gasteiger partial charge is 0.496 e. The summed E-state index contributed by atoms with van der Waals surface area (Å²) in [5, 5.41) is 10.2. The molecule has 1 fully saturated rings. The number of rotatable bonds is 3.